The van der Waals surface area contributed by atoms with Gasteiger partial charge in [0.2, 0.25) is 0 Å². The van der Waals surface area contributed by atoms with E-state index in [0.29, 0.717) is 16.5 Å². The first-order valence-electron chi connectivity index (χ1n) is 7.12. The van der Waals surface area contributed by atoms with Crippen molar-refractivity contribution in [2.45, 2.75) is 6.92 Å². The summed E-state index contributed by atoms with van der Waals surface area (Å²) in [6.07, 6.45) is 0. The minimum atomic E-state index is -0.543. The summed E-state index contributed by atoms with van der Waals surface area (Å²) in [6.45, 7) is 1.73. The van der Waals surface area contributed by atoms with Crippen LogP contribution in [-0.2, 0) is 4.79 Å². The van der Waals surface area contributed by atoms with E-state index in [1.54, 1.807) is 24.3 Å². The van der Waals surface area contributed by atoms with Crippen molar-refractivity contribution in [3.8, 4) is 11.5 Å². The Bertz CT molecular complexity index is 732. The highest BCUT2D eigenvalue weighted by molar-refractivity contribution is 6.31. The number of rotatable bonds is 5. The maximum atomic E-state index is 12.1. The first-order valence-corrected chi connectivity index (χ1v) is 7.49. The lowest BCUT2D eigenvalue weighted by Gasteiger charge is -2.11. The van der Waals surface area contributed by atoms with E-state index in [4.69, 9.17) is 21.1 Å². The van der Waals surface area contributed by atoms with Crippen molar-refractivity contribution in [1.29, 1.82) is 0 Å². The number of benzene rings is 2. The van der Waals surface area contributed by atoms with Crippen molar-refractivity contribution in [2.75, 3.05) is 13.7 Å². The first kappa shape index (κ1) is 17.6. The van der Waals surface area contributed by atoms with Crippen LogP contribution in [0.5, 0.6) is 11.5 Å². The van der Waals surface area contributed by atoms with Gasteiger partial charge in [-0.1, -0.05) is 29.3 Å². The number of ether oxygens (including phenoxy) is 2. The summed E-state index contributed by atoms with van der Waals surface area (Å²) in [5, 5.41) is 0.384. The average Bonchev–Trinajstić information content (AvgIpc) is 2.59. The SMILES string of the molecule is COc1ccc(Cl)cc1C(=O)NNC(=O)COc1ccc(C)cc1. The Labute approximate surface area is 144 Å². The lowest BCUT2D eigenvalue weighted by Crippen LogP contribution is -2.43. The van der Waals surface area contributed by atoms with Gasteiger partial charge in [-0.05, 0) is 37.3 Å². The van der Waals surface area contributed by atoms with Crippen molar-refractivity contribution >= 4 is 23.4 Å². The van der Waals surface area contributed by atoms with Gasteiger partial charge in [0.1, 0.15) is 11.5 Å². The topological polar surface area (TPSA) is 76.7 Å². The molecular formula is C17H17ClN2O4. The Morgan fingerprint density at radius 3 is 2.46 bits per heavy atom. The fourth-order valence-corrected chi connectivity index (χ4v) is 2.04. The number of amides is 2. The van der Waals surface area contributed by atoms with E-state index in [-0.39, 0.29) is 12.2 Å². The largest absolute Gasteiger partial charge is 0.496 e. The number of hydrogen-bond donors (Lipinski definition) is 2. The summed E-state index contributed by atoms with van der Waals surface area (Å²) in [5.41, 5.74) is 5.87. The third-order valence-corrected chi connectivity index (χ3v) is 3.35. The molecule has 0 aliphatic carbocycles. The Morgan fingerprint density at radius 2 is 1.79 bits per heavy atom. The number of carbonyl (C=O) groups excluding carboxylic acids is 2. The van der Waals surface area contributed by atoms with Gasteiger partial charge in [0.25, 0.3) is 11.8 Å². The molecule has 126 valence electrons. The Balaban J connectivity index is 1.86. The monoisotopic (exact) mass is 348 g/mol. The molecule has 0 bridgehead atoms. The van der Waals surface area contributed by atoms with E-state index in [9.17, 15) is 9.59 Å². The highest BCUT2D eigenvalue weighted by Gasteiger charge is 2.13. The number of carbonyl (C=O) groups is 2. The molecule has 0 saturated heterocycles. The maximum Gasteiger partial charge on any atom is 0.276 e. The highest BCUT2D eigenvalue weighted by Crippen LogP contribution is 2.22. The molecule has 0 aromatic heterocycles. The molecule has 0 heterocycles. The molecule has 7 heteroatoms. The van der Waals surface area contributed by atoms with Crippen molar-refractivity contribution in [1.82, 2.24) is 10.9 Å². The Hall–Kier alpha value is -2.73. The van der Waals surface area contributed by atoms with Gasteiger partial charge >= 0.3 is 0 Å². The van der Waals surface area contributed by atoms with Crippen molar-refractivity contribution < 1.29 is 19.1 Å². The van der Waals surface area contributed by atoms with E-state index in [0.717, 1.165) is 5.56 Å². The van der Waals surface area contributed by atoms with Crippen LogP contribution in [0.3, 0.4) is 0 Å². The van der Waals surface area contributed by atoms with Gasteiger partial charge in [0.05, 0.1) is 12.7 Å². The predicted octanol–water partition coefficient (Wildman–Crippen LogP) is 2.50. The maximum absolute atomic E-state index is 12.1. The molecule has 2 N–H and O–H groups in total. The van der Waals surface area contributed by atoms with Crippen molar-refractivity contribution in [3.05, 3.63) is 58.6 Å². The molecule has 0 atom stereocenters. The van der Waals surface area contributed by atoms with Gasteiger partial charge in [0, 0.05) is 5.02 Å². The van der Waals surface area contributed by atoms with Crippen LogP contribution in [-0.4, -0.2) is 25.5 Å². The predicted molar refractivity (Wildman–Crippen MR) is 90.3 cm³/mol. The minimum absolute atomic E-state index is 0.213. The molecule has 0 aliphatic rings. The second kappa shape index (κ2) is 8.21. The quantitative estimate of drug-likeness (QED) is 0.814. The molecule has 2 aromatic carbocycles. The third kappa shape index (κ3) is 4.89. The van der Waals surface area contributed by atoms with Gasteiger partial charge in [-0.25, -0.2) is 0 Å². The van der Waals surface area contributed by atoms with E-state index in [1.165, 1.54) is 13.2 Å². The second-order valence-corrected chi connectivity index (χ2v) is 5.39. The molecule has 6 nitrogen and oxygen atoms in total. The highest BCUT2D eigenvalue weighted by atomic mass is 35.5. The molecule has 0 aliphatic heterocycles. The van der Waals surface area contributed by atoms with Crippen LogP contribution in [0.15, 0.2) is 42.5 Å². The van der Waals surface area contributed by atoms with E-state index in [1.807, 2.05) is 19.1 Å². The first-order chi connectivity index (χ1) is 11.5. The molecule has 2 aromatic rings. The molecule has 24 heavy (non-hydrogen) atoms. The van der Waals surface area contributed by atoms with E-state index >= 15 is 0 Å². The Morgan fingerprint density at radius 1 is 1.08 bits per heavy atom. The van der Waals surface area contributed by atoms with Gasteiger partial charge in [-0.2, -0.15) is 0 Å². The zero-order chi connectivity index (χ0) is 17.5. The van der Waals surface area contributed by atoms with Gasteiger partial charge in [0.15, 0.2) is 6.61 Å². The number of methoxy groups -OCH3 is 1. The molecule has 2 amide bonds. The molecule has 0 radical (unpaired) electrons. The van der Waals surface area contributed by atoms with Crippen LogP contribution in [0.4, 0.5) is 0 Å². The van der Waals surface area contributed by atoms with Crippen molar-refractivity contribution in [2.24, 2.45) is 0 Å². The summed E-state index contributed by atoms with van der Waals surface area (Å²) in [5.74, 6) is -0.122. The van der Waals surface area contributed by atoms with Crippen molar-refractivity contribution in [3.63, 3.8) is 0 Å². The summed E-state index contributed by atoms with van der Waals surface area (Å²) in [6, 6.07) is 11.9. The second-order valence-electron chi connectivity index (χ2n) is 4.95. The summed E-state index contributed by atoms with van der Waals surface area (Å²) < 4.78 is 10.4. The average molecular weight is 349 g/mol. The molecular weight excluding hydrogens is 332 g/mol. The van der Waals surface area contributed by atoms with Crippen LogP contribution >= 0.6 is 11.6 Å². The smallest absolute Gasteiger partial charge is 0.276 e. The lowest BCUT2D eigenvalue weighted by atomic mass is 10.2. The molecule has 0 fully saturated rings. The molecule has 0 unspecified atom stereocenters. The number of nitrogens with one attached hydrogen (secondary N) is 2. The fourth-order valence-electron chi connectivity index (χ4n) is 1.87. The molecule has 0 spiro atoms. The number of halogens is 1. The number of hydrogen-bond acceptors (Lipinski definition) is 4. The van der Waals surface area contributed by atoms with Crippen LogP contribution in [0, 0.1) is 6.92 Å². The van der Waals surface area contributed by atoms with Gasteiger partial charge in [-0.3, -0.25) is 20.4 Å². The van der Waals surface area contributed by atoms with Crippen LogP contribution in [0.1, 0.15) is 15.9 Å². The van der Waals surface area contributed by atoms with Gasteiger partial charge < -0.3 is 9.47 Å². The third-order valence-electron chi connectivity index (χ3n) is 3.11. The zero-order valence-electron chi connectivity index (χ0n) is 13.3. The molecule has 0 saturated carbocycles. The van der Waals surface area contributed by atoms with Crippen LogP contribution in [0.2, 0.25) is 5.02 Å². The van der Waals surface area contributed by atoms with Crippen LogP contribution in [0.25, 0.3) is 0 Å². The number of hydrazine groups is 1. The van der Waals surface area contributed by atoms with Crippen LogP contribution < -0.4 is 20.3 Å². The molecule has 2 rings (SSSR count). The zero-order valence-corrected chi connectivity index (χ0v) is 14.0. The lowest BCUT2D eigenvalue weighted by molar-refractivity contribution is -0.123. The van der Waals surface area contributed by atoms with E-state index < -0.39 is 11.8 Å². The summed E-state index contributed by atoms with van der Waals surface area (Å²) >= 11 is 5.87. The van der Waals surface area contributed by atoms with Gasteiger partial charge in [-0.15, -0.1) is 0 Å². The summed E-state index contributed by atoms with van der Waals surface area (Å²) in [4.78, 5) is 23.8. The van der Waals surface area contributed by atoms with E-state index in [2.05, 4.69) is 10.9 Å². The minimum Gasteiger partial charge on any atom is -0.496 e. The Kier molecular flexibility index (Phi) is 6.03. The number of aryl methyl sites for hydroxylation is 1. The summed E-state index contributed by atoms with van der Waals surface area (Å²) in [7, 11) is 1.44. The fraction of sp³-hybridized carbons (Fsp3) is 0.176. The normalized spacial score (nSPS) is 9.96. The standard InChI is InChI=1S/C17H17ClN2O4/c1-11-3-6-13(7-4-11)24-10-16(21)19-20-17(22)14-9-12(18)5-8-15(14)23-2/h3-9H,10H2,1-2H3,(H,19,21)(H,20,22).